The van der Waals surface area contributed by atoms with Gasteiger partial charge in [0.05, 0.1) is 4.92 Å². The fourth-order valence-corrected chi connectivity index (χ4v) is 2.19. The van der Waals surface area contributed by atoms with Crippen molar-refractivity contribution in [3.8, 4) is 6.07 Å². The molecule has 0 atom stereocenters. The number of anilines is 1. The number of rotatable bonds is 4. The smallest absolute Gasteiger partial charge is 0.270 e. The van der Waals surface area contributed by atoms with E-state index in [-0.39, 0.29) is 11.3 Å². The van der Waals surface area contributed by atoms with Gasteiger partial charge in [0.1, 0.15) is 11.6 Å². The summed E-state index contributed by atoms with van der Waals surface area (Å²) in [7, 11) is 0. The minimum atomic E-state index is -0.559. The number of nitrogens with one attached hydrogen (secondary N) is 1. The highest BCUT2D eigenvalue weighted by molar-refractivity contribution is 6.10. The number of amides is 1. The Labute approximate surface area is 139 Å². The van der Waals surface area contributed by atoms with E-state index in [1.807, 2.05) is 32.0 Å². The standard InChI is InChI=1S/C18H15N3O3/c1-12-6-7-17(13(2)8-12)20-18(22)15(11-19)9-14-4-3-5-16(10-14)21(23)24/h3-10H,1-2H3,(H,20,22)/b15-9+. The molecule has 0 aromatic heterocycles. The normalized spacial score (nSPS) is 10.8. The van der Waals surface area contributed by atoms with Crippen LogP contribution in [-0.2, 0) is 4.79 Å². The van der Waals surface area contributed by atoms with Gasteiger partial charge in [0.25, 0.3) is 11.6 Å². The predicted molar refractivity (Wildman–Crippen MR) is 91.2 cm³/mol. The van der Waals surface area contributed by atoms with Crippen molar-refractivity contribution >= 4 is 23.4 Å². The quantitative estimate of drug-likeness (QED) is 0.401. The van der Waals surface area contributed by atoms with Crippen LogP contribution in [0.1, 0.15) is 16.7 Å². The zero-order valence-electron chi connectivity index (χ0n) is 13.2. The van der Waals surface area contributed by atoms with E-state index in [4.69, 9.17) is 0 Å². The fourth-order valence-electron chi connectivity index (χ4n) is 2.19. The number of carbonyl (C=O) groups is 1. The van der Waals surface area contributed by atoms with Crippen LogP contribution in [0.4, 0.5) is 11.4 Å². The summed E-state index contributed by atoms with van der Waals surface area (Å²) < 4.78 is 0. The van der Waals surface area contributed by atoms with Gasteiger partial charge in [-0.3, -0.25) is 14.9 Å². The lowest BCUT2D eigenvalue weighted by Gasteiger charge is -2.08. The maximum absolute atomic E-state index is 12.3. The monoisotopic (exact) mass is 321 g/mol. The molecule has 2 rings (SSSR count). The first-order valence-electron chi connectivity index (χ1n) is 7.15. The highest BCUT2D eigenvalue weighted by Gasteiger charge is 2.12. The van der Waals surface area contributed by atoms with E-state index in [1.165, 1.54) is 24.3 Å². The maximum Gasteiger partial charge on any atom is 0.270 e. The lowest BCUT2D eigenvalue weighted by atomic mass is 10.1. The van der Waals surface area contributed by atoms with Gasteiger partial charge in [-0.25, -0.2) is 0 Å². The number of hydrogen-bond acceptors (Lipinski definition) is 4. The molecule has 0 spiro atoms. The molecule has 6 heteroatoms. The average molecular weight is 321 g/mol. The number of carbonyl (C=O) groups excluding carboxylic acids is 1. The van der Waals surface area contributed by atoms with E-state index in [1.54, 1.807) is 12.1 Å². The predicted octanol–water partition coefficient (Wildman–Crippen LogP) is 3.76. The molecule has 0 saturated carbocycles. The third-order valence-corrected chi connectivity index (χ3v) is 3.39. The number of aryl methyl sites for hydroxylation is 2. The molecule has 0 radical (unpaired) electrons. The number of nitro groups is 1. The summed E-state index contributed by atoms with van der Waals surface area (Å²) in [5.41, 5.74) is 2.75. The van der Waals surface area contributed by atoms with Crippen molar-refractivity contribution in [1.29, 1.82) is 5.26 Å². The maximum atomic E-state index is 12.3. The van der Waals surface area contributed by atoms with Crippen LogP contribution < -0.4 is 5.32 Å². The van der Waals surface area contributed by atoms with Gasteiger partial charge >= 0.3 is 0 Å². The summed E-state index contributed by atoms with van der Waals surface area (Å²) in [6.45, 7) is 3.81. The number of nitro benzene ring substituents is 1. The van der Waals surface area contributed by atoms with E-state index in [0.29, 0.717) is 11.3 Å². The molecule has 0 saturated heterocycles. The topological polar surface area (TPSA) is 96.0 Å². The zero-order chi connectivity index (χ0) is 17.7. The summed E-state index contributed by atoms with van der Waals surface area (Å²) in [5.74, 6) is -0.559. The molecule has 1 N–H and O–H groups in total. The Morgan fingerprint density at radius 2 is 2.00 bits per heavy atom. The summed E-state index contributed by atoms with van der Waals surface area (Å²) in [5, 5.41) is 22.7. The second kappa shape index (κ2) is 7.20. The van der Waals surface area contributed by atoms with Gasteiger partial charge in [-0.15, -0.1) is 0 Å². The van der Waals surface area contributed by atoms with Gasteiger partial charge in [0, 0.05) is 17.8 Å². The van der Waals surface area contributed by atoms with E-state index < -0.39 is 10.8 Å². The summed E-state index contributed by atoms with van der Waals surface area (Å²) in [6.07, 6.45) is 1.33. The minimum absolute atomic E-state index is 0.101. The molecule has 24 heavy (non-hydrogen) atoms. The first kappa shape index (κ1) is 16.9. The highest BCUT2D eigenvalue weighted by Crippen LogP contribution is 2.19. The lowest BCUT2D eigenvalue weighted by molar-refractivity contribution is -0.384. The van der Waals surface area contributed by atoms with Crippen molar-refractivity contribution in [3.05, 3.63) is 74.8 Å². The molecule has 0 bridgehead atoms. The fraction of sp³-hybridized carbons (Fsp3) is 0.111. The molecular formula is C18H15N3O3. The van der Waals surface area contributed by atoms with Crippen molar-refractivity contribution in [2.24, 2.45) is 0 Å². The van der Waals surface area contributed by atoms with Crippen molar-refractivity contribution in [3.63, 3.8) is 0 Å². The van der Waals surface area contributed by atoms with Gasteiger partial charge in [-0.1, -0.05) is 29.8 Å². The first-order chi connectivity index (χ1) is 11.4. The van der Waals surface area contributed by atoms with Crippen LogP contribution in [0.3, 0.4) is 0 Å². The molecule has 0 aliphatic rings. The van der Waals surface area contributed by atoms with Crippen LogP contribution in [0.5, 0.6) is 0 Å². The molecule has 1 amide bonds. The SMILES string of the molecule is Cc1ccc(NC(=O)/C(C#N)=C/c2cccc([N+](=O)[O-])c2)c(C)c1. The Morgan fingerprint density at radius 1 is 1.25 bits per heavy atom. The van der Waals surface area contributed by atoms with Gasteiger partial charge in [0.15, 0.2) is 0 Å². The Bertz CT molecular complexity index is 879. The molecule has 0 unspecified atom stereocenters. The molecule has 0 heterocycles. The molecule has 6 nitrogen and oxygen atoms in total. The average Bonchev–Trinajstić information content (AvgIpc) is 2.55. The summed E-state index contributed by atoms with van der Waals surface area (Å²) in [4.78, 5) is 22.5. The van der Waals surface area contributed by atoms with E-state index in [2.05, 4.69) is 5.32 Å². The molecule has 2 aromatic rings. The lowest BCUT2D eigenvalue weighted by Crippen LogP contribution is -2.14. The zero-order valence-corrected chi connectivity index (χ0v) is 13.2. The molecular weight excluding hydrogens is 306 g/mol. The van der Waals surface area contributed by atoms with Crippen molar-refractivity contribution in [2.45, 2.75) is 13.8 Å². The molecule has 120 valence electrons. The number of hydrogen-bond donors (Lipinski definition) is 1. The largest absolute Gasteiger partial charge is 0.321 e. The number of non-ortho nitro benzene ring substituents is 1. The Hall–Kier alpha value is -3.46. The minimum Gasteiger partial charge on any atom is -0.321 e. The van der Waals surface area contributed by atoms with E-state index in [0.717, 1.165) is 11.1 Å². The van der Waals surface area contributed by atoms with Crippen molar-refractivity contribution in [1.82, 2.24) is 0 Å². The summed E-state index contributed by atoms with van der Waals surface area (Å²) in [6, 6.07) is 13.1. The number of benzene rings is 2. The molecule has 0 aliphatic heterocycles. The second-order valence-electron chi connectivity index (χ2n) is 5.29. The number of nitriles is 1. The van der Waals surface area contributed by atoms with Crippen LogP contribution in [0.25, 0.3) is 6.08 Å². The van der Waals surface area contributed by atoms with E-state index >= 15 is 0 Å². The Balaban J connectivity index is 2.27. The second-order valence-corrected chi connectivity index (χ2v) is 5.29. The van der Waals surface area contributed by atoms with Crippen LogP contribution in [-0.4, -0.2) is 10.8 Å². The van der Waals surface area contributed by atoms with Crippen LogP contribution in [0.15, 0.2) is 48.0 Å². The van der Waals surface area contributed by atoms with Crippen LogP contribution in [0.2, 0.25) is 0 Å². The first-order valence-corrected chi connectivity index (χ1v) is 7.15. The Kier molecular flexibility index (Phi) is 5.07. The molecule has 0 aliphatic carbocycles. The van der Waals surface area contributed by atoms with E-state index in [9.17, 15) is 20.2 Å². The summed E-state index contributed by atoms with van der Waals surface area (Å²) >= 11 is 0. The van der Waals surface area contributed by atoms with Crippen molar-refractivity contribution < 1.29 is 9.72 Å². The molecule has 0 fully saturated rings. The van der Waals surface area contributed by atoms with Gasteiger partial charge < -0.3 is 5.32 Å². The molecule has 2 aromatic carbocycles. The van der Waals surface area contributed by atoms with Gasteiger partial charge in [-0.05, 0) is 37.1 Å². The Morgan fingerprint density at radius 3 is 2.62 bits per heavy atom. The van der Waals surface area contributed by atoms with Gasteiger partial charge in [0.2, 0.25) is 0 Å². The highest BCUT2D eigenvalue weighted by atomic mass is 16.6. The van der Waals surface area contributed by atoms with Crippen molar-refractivity contribution in [2.75, 3.05) is 5.32 Å². The third-order valence-electron chi connectivity index (χ3n) is 3.39. The van der Waals surface area contributed by atoms with Crippen LogP contribution in [0, 0.1) is 35.3 Å². The number of nitrogens with zero attached hydrogens (tertiary/aromatic N) is 2. The van der Waals surface area contributed by atoms with Gasteiger partial charge in [-0.2, -0.15) is 5.26 Å². The third kappa shape index (κ3) is 4.05. The van der Waals surface area contributed by atoms with Crippen LogP contribution >= 0.6 is 0 Å².